The number of para-hydroxylation sites is 2. The van der Waals surface area contributed by atoms with Gasteiger partial charge in [-0.05, 0) is 72.8 Å². The summed E-state index contributed by atoms with van der Waals surface area (Å²) in [5.41, 5.74) is 8.71. The first kappa shape index (κ1) is 38.5. The number of pyridine rings is 2. The smallest absolute Gasteiger partial charge is 0.504 e. The van der Waals surface area contributed by atoms with Gasteiger partial charge in [0.05, 0.1) is 57.4 Å². The molecular formula is C44H38CuN6O4S2+2. The second-order valence-corrected chi connectivity index (χ2v) is 15.9. The van der Waals surface area contributed by atoms with Crippen LogP contribution < -0.4 is 9.47 Å². The predicted molar refractivity (Wildman–Crippen MR) is 221 cm³/mol. The number of aromatic nitrogens is 4. The number of phenols is 2. The Bertz CT molecular complexity index is 2430. The number of ether oxygens (including phenoxy) is 2. The van der Waals surface area contributed by atoms with E-state index < -0.39 is 0 Å². The summed E-state index contributed by atoms with van der Waals surface area (Å²) in [7, 11) is 3.14. The maximum Gasteiger partial charge on any atom is 2.00 e. The molecule has 1 radical (unpaired) electrons. The van der Waals surface area contributed by atoms with Crippen molar-refractivity contribution in [2.75, 3.05) is 14.2 Å². The van der Waals surface area contributed by atoms with Crippen LogP contribution in [0.1, 0.15) is 33.9 Å². The molecule has 0 unspecified atom stereocenters. The predicted octanol–water partition coefficient (Wildman–Crippen LogP) is 9.17. The quantitative estimate of drug-likeness (QED) is 0.144. The molecule has 289 valence electrons. The van der Waals surface area contributed by atoms with Gasteiger partial charge in [0.25, 0.3) is 0 Å². The number of hydrogen-bond donors (Lipinski definition) is 2. The summed E-state index contributed by atoms with van der Waals surface area (Å²) in [5, 5.41) is 24.5. The molecule has 10 nitrogen and oxygen atoms in total. The molecule has 0 amide bonds. The van der Waals surface area contributed by atoms with Crippen molar-refractivity contribution >= 4 is 43.1 Å². The number of aromatic hydroxyl groups is 2. The molecule has 0 saturated carbocycles. The zero-order chi connectivity index (χ0) is 38.2. The third kappa shape index (κ3) is 8.22. The zero-order valence-electron chi connectivity index (χ0n) is 31.1. The summed E-state index contributed by atoms with van der Waals surface area (Å²) in [4.78, 5) is 24.5. The number of methoxy groups -OCH3 is 2. The van der Waals surface area contributed by atoms with Crippen LogP contribution in [0.4, 0.5) is 0 Å². The molecule has 0 saturated heterocycles. The molecule has 0 spiro atoms. The Kier molecular flexibility index (Phi) is 11.2. The van der Waals surface area contributed by atoms with E-state index in [9.17, 15) is 10.2 Å². The van der Waals surface area contributed by atoms with Crippen LogP contribution in [0.25, 0.3) is 41.6 Å². The molecule has 2 N–H and O–H groups in total. The number of rotatable bonds is 8. The number of thiazole rings is 2. The second kappa shape index (κ2) is 16.6. The minimum Gasteiger partial charge on any atom is -0.504 e. The average molecular weight is 843 g/mol. The van der Waals surface area contributed by atoms with E-state index in [0.29, 0.717) is 50.8 Å². The maximum atomic E-state index is 11.4. The van der Waals surface area contributed by atoms with Crippen molar-refractivity contribution in [2.45, 2.75) is 39.3 Å². The standard InChI is InChI=1S/C44H38N6O4S2.Cu/c1-53-37-19-27(43-47-35-13-3-5-15-39(35)55-43)17-29(41(37)51)21-49-23-31-9-7-11-33(45-31)25-50(26-34-12-8-10-32(24-49)46-34)22-30-18-28(20-38(54-2)42(30)52)44-48-36-14-4-6-16-40(36)56-44;/h3-20,51-52H,21-26H2,1-2H3;/q;+2. The normalized spacial score (nSPS) is 13.5. The van der Waals surface area contributed by atoms with Gasteiger partial charge in [-0.15, -0.1) is 22.7 Å². The Balaban J connectivity index is 0.00000455. The van der Waals surface area contributed by atoms with Gasteiger partial charge in [-0.2, -0.15) is 0 Å². The molecule has 1 aliphatic heterocycles. The van der Waals surface area contributed by atoms with E-state index in [4.69, 9.17) is 29.4 Å². The maximum absolute atomic E-state index is 11.4. The van der Waals surface area contributed by atoms with Gasteiger partial charge in [0.2, 0.25) is 0 Å². The van der Waals surface area contributed by atoms with Crippen molar-refractivity contribution in [1.29, 1.82) is 0 Å². The SMILES string of the molecule is COc1cc(-c2nc3ccccc3s2)cc(CN2Cc3cccc(n3)CN(Cc3cc(-c4nc5ccccc5s4)cc(OC)c3O)Cc3cccc(n3)C2)c1O.[Cu+2]. The molecule has 9 rings (SSSR count). The molecule has 4 aromatic heterocycles. The Morgan fingerprint density at radius 1 is 0.526 bits per heavy atom. The Morgan fingerprint density at radius 3 is 1.28 bits per heavy atom. The van der Waals surface area contributed by atoms with Crippen molar-refractivity contribution in [3.05, 3.63) is 143 Å². The van der Waals surface area contributed by atoms with Crippen LogP contribution in [-0.4, -0.2) is 54.2 Å². The Hall–Kier alpha value is -5.40. The van der Waals surface area contributed by atoms with Crippen molar-refractivity contribution in [1.82, 2.24) is 29.7 Å². The summed E-state index contributed by atoms with van der Waals surface area (Å²) >= 11 is 3.23. The molecule has 0 aliphatic carbocycles. The number of hydrogen-bond acceptors (Lipinski definition) is 12. The van der Waals surface area contributed by atoms with Gasteiger partial charge < -0.3 is 19.7 Å². The molecule has 1 aliphatic rings. The van der Waals surface area contributed by atoms with Gasteiger partial charge >= 0.3 is 17.1 Å². The first-order chi connectivity index (χ1) is 27.4. The summed E-state index contributed by atoms with van der Waals surface area (Å²) in [6.45, 7) is 2.95. The molecule has 13 heteroatoms. The molecular weight excluding hydrogens is 804 g/mol. The van der Waals surface area contributed by atoms with Crippen molar-refractivity contribution in [2.24, 2.45) is 0 Å². The van der Waals surface area contributed by atoms with E-state index in [1.165, 1.54) is 0 Å². The topological polar surface area (TPSA) is 117 Å². The number of nitrogens with zero attached hydrogens (tertiary/aromatic N) is 6. The Labute approximate surface area is 348 Å². The van der Waals surface area contributed by atoms with Gasteiger partial charge in [0.15, 0.2) is 23.0 Å². The molecule has 0 fully saturated rings. The van der Waals surface area contributed by atoms with E-state index in [1.54, 1.807) is 36.9 Å². The van der Waals surface area contributed by atoms with Crippen molar-refractivity contribution in [3.8, 4) is 44.1 Å². The van der Waals surface area contributed by atoms with Crippen LogP contribution in [-0.2, 0) is 56.3 Å². The fourth-order valence-corrected chi connectivity index (χ4v) is 9.17. The summed E-state index contributed by atoms with van der Waals surface area (Å²) in [6.07, 6.45) is 0. The van der Waals surface area contributed by atoms with Crippen LogP contribution in [0.15, 0.2) is 109 Å². The van der Waals surface area contributed by atoms with Crippen LogP contribution >= 0.6 is 22.7 Å². The largest absolute Gasteiger partial charge is 2.00 e. The minimum absolute atomic E-state index is 0. The Morgan fingerprint density at radius 2 is 0.912 bits per heavy atom. The van der Waals surface area contributed by atoms with Crippen LogP contribution in [0.5, 0.6) is 23.0 Å². The van der Waals surface area contributed by atoms with Crippen LogP contribution in [0.3, 0.4) is 0 Å². The van der Waals surface area contributed by atoms with Gasteiger partial charge in [-0.1, -0.05) is 36.4 Å². The number of phenolic OH excluding ortho intramolecular Hbond substituents is 2. The summed E-state index contributed by atoms with van der Waals surface area (Å²) in [6, 6.07) is 36.1. The van der Waals surface area contributed by atoms with Crippen molar-refractivity contribution < 1.29 is 36.8 Å². The second-order valence-electron chi connectivity index (χ2n) is 13.9. The zero-order valence-corrected chi connectivity index (χ0v) is 33.7. The van der Waals surface area contributed by atoms with Gasteiger partial charge in [-0.25, -0.2) is 9.97 Å². The molecule has 4 bridgehead atoms. The fraction of sp³-hybridized carbons (Fsp3) is 0.182. The van der Waals surface area contributed by atoms with Gasteiger partial charge in [0.1, 0.15) is 10.0 Å². The van der Waals surface area contributed by atoms with E-state index in [-0.39, 0.29) is 28.6 Å². The molecule has 8 aromatic rings. The number of benzene rings is 4. The first-order valence-corrected chi connectivity index (χ1v) is 19.9. The average Bonchev–Trinajstić information content (AvgIpc) is 3.85. The fourth-order valence-electron chi connectivity index (χ4n) is 7.27. The van der Waals surface area contributed by atoms with Crippen LogP contribution in [0.2, 0.25) is 0 Å². The van der Waals surface area contributed by atoms with Gasteiger partial charge in [0, 0.05) is 61.5 Å². The summed E-state index contributed by atoms with van der Waals surface area (Å²) in [5.74, 6) is 1.02. The van der Waals surface area contributed by atoms with E-state index in [0.717, 1.165) is 75.5 Å². The third-order valence-corrected chi connectivity index (χ3v) is 12.1. The molecule has 57 heavy (non-hydrogen) atoms. The van der Waals surface area contributed by atoms with E-state index in [1.807, 2.05) is 97.1 Å². The summed E-state index contributed by atoms with van der Waals surface area (Å²) < 4.78 is 13.5. The number of fused-ring (bicyclic) bond motifs is 6. The minimum atomic E-state index is 0. The van der Waals surface area contributed by atoms with Gasteiger partial charge in [-0.3, -0.25) is 19.8 Å². The van der Waals surface area contributed by atoms with Crippen LogP contribution in [0, 0.1) is 0 Å². The molecule has 4 aromatic carbocycles. The molecule has 5 heterocycles. The van der Waals surface area contributed by atoms with Crippen molar-refractivity contribution in [3.63, 3.8) is 0 Å². The molecule has 0 atom stereocenters. The van der Waals surface area contributed by atoms with E-state index >= 15 is 0 Å². The third-order valence-electron chi connectivity index (χ3n) is 9.89. The monoisotopic (exact) mass is 841 g/mol. The first-order valence-electron chi connectivity index (χ1n) is 18.2. The van der Waals surface area contributed by atoms with E-state index in [2.05, 4.69) is 21.9 Å².